The van der Waals surface area contributed by atoms with E-state index in [1.54, 1.807) is 0 Å². The Balaban J connectivity index is 2.00. The normalized spacial score (nSPS) is 11.9. The van der Waals surface area contributed by atoms with Crippen LogP contribution in [0.5, 0.6) is 0 Å². The van der Waals surface area contributed by atoms with E-state index >= 15 is 0 Å². The Morgan fingerprint density at radius 1 is 0.842 bits per heavy atom. The van der Waals surface area contributed by atoms with E-state index in [1.807, 2.05) is 41.4 Å². The summed E-state index contributed by atoms with van der Waals surface area (Å²) < 4.78 is 38.4. The summed E-state index contributed by atoms with van der Waals surface area (Å²) in [4.78, 5) is 2.00. The molecule has 0 aromatic heterocycles. The van der Waals surface area contributed by atoms with Crippen LogP contribution >= 0.6 is 0 Å². The van der Waals surface area contributed by atoms with E-state index in [0.29, 0.717) is 0 Å². The number of hydrogen-bond donors (Lipinski definition) is 0. The van der Waals surface area contributed by atoms with Crippen LogP contribution in [0.3, 0.4) is 0 Å². The second kappa shape index (κ2) is 6.09. The summed E-state index contributed by atoms with van der Waals surface area (Å²) in [6.45, 7) is 0. The quantitative estimate of drug-likeness (QED) is 0.754. The Hall–Kier alpha value is -1.51. The molecule has 0 aliphatic rings. The van der Waals surface area contributed by atoms with Crippen LogP contribution < -0.4 is 4.46 Å². The number of halogens is 3. The van der Waals surface area contributed by atoms with Gasteiger partial charge in [-0.1, -0.05) is 0 Å². The molecule has 0 amide bonds. The van der Waals surface area contributed by atoms with Crippen LogP contribution in [0.2, 0.25) is 0 Å². The van der Waals surface area contributed by atoms with E-state index in [1.165, 1.54) is 16.6 Å². The van der Waals surface area contributed by atoms with E-state index in [-0.39, 0.29) is 15.0 Å². The van der Waals surface area contributed by atoms with Crippen molar-refractivity contribution in [2.45, 2.75) is 6.18 Å². The zero-order chi connectivity index (χ0) is 13.7. The number of alkyl halides is 3. The zero-order valence-corrected chi connectivity index (χ0v) is 11.6. The SMILES string of the molecule is FC(F)(F)c1ccc(/C=C/[Se]c2ccccc2)cc1. The molecule has 0 N–H and O–H groups in total. The van der Waals surface area contributed by atoms with Gasteiger partial charge in [0.25, 0.3) is 0 Å². The third-order valence-electron chi connectivity index (χ3n) is 2.45. The Morgan fingerprint density at radius 3 is 2.05 bits per heavy atom. The Bertz CT molecular complexity index is 542. The Morgan fingerprint density at radius 2 is 1.47 bits per heavy atom. The minimum atomic E-state index is -4.27. The van der Waals surface area contributed by atoms with Crippen LogP contribution in [-0.2, 0) is 6.18 Å². The van der Waals surface area contributed by atoms with Crippen molar-refractivity contribution in [3.63, 3.8) is 0 Å². The van der Waals surface area contributed by atoms with E-state index in [2.05, 4.69) is 0 Å². The first-order chi connectivity index (χ1) is 9.05. The van der Waals surface area contributed by atoms with Crippen LogP contribution in [0, 0.1) is 0 Å². The van der Waals surface area contributed by atoms with Crippen molar-refractivity contribution in [1.29, 1.82) is 0 Å². The third-order valence-corrected chi connectivity index (χ3v) is 4.16. The van der Waals surface area contributed by atoms with Gasteiger partial charge in [-0.2, -0.15) is 0 Å². The maximum absolute atomic E-state index is 12.4. The van der Waals surface area contributed by atoms with Crippen molar-refractivity contribution in [2.24, 2.45) is 0 Å². The maximum atomic E-state index is 12.4. The van der Waals surface area contributed by atoms with Gasteiger partial charge in [0, 0.05) is 0 Å². The topological polar surface area (TPSA) is 0 Å². The summed E-state index contributed by atoms with van der Waals surface area (Å²) in [6.07, 6.45) is -2.41. The summed E-state index contributed by atoms with van der Waals surface area (Å²) in [6, 6.07) is 15.2. The van der Waals surface area contributed by atoms with Crippen molar-refractivity contribution >= 4 is 25.5 Å². The van der Waals surface area contributed by atoms with Crippen LogP contribution in [0.15, 0.2) is 59.6 Å². The monoisotopic (exact) mass is 328 g/mol. The molecule has 0 heterocycles. The van der Waals surface area contributed by atoms with E-state index in [0.717, 1.165) is 17.7 Å². The minimum absolute atomic E-state index is 0.198. The molecule has 2 aromatic rings. The third kappa shape index (κ3) is 4.27. The number of rotatable bonds is 3. The van der Waals surface area contributed by atoms with Crippen LogP contribution in [0.25, 0.3) is 6.08 Å². The summed E-state index contributed by atoms with van der Waals surface area (Å²) in [5.41, 5.74) is 0.170. The van der Waals surface area contributed by atoms with Crippen LogP contribution in [-0.4, -0.2) is 15.0 Å². The molecule has 0 atom stereocenters. The molecule has 2 rings (SSSR count). The molecule has 0 radical (unpaired) electrons. The van der Waals surface area contributed by atoms with E-state index in [9.17, 15) is 13.2 Å². The van der Waals surface area contributed by atoms with Gasteiger partial charge in [0.05, 0.1) is 0 Å². The first kappa shape index (κ1) is 13.9. The molecule has 0 unspecified atom stereocenters. The van der Waals surface area contributed by atoms with Gasteiger partial charge in [0.2, 0.25) is 0 Å². The van der Waals surface area contributed by atoms with Crippen molar-refractivity contribution in [3.05, 3.63) is 70.7 Å². The second-order valence-corrected chi connectivity index (χ2v) is 5.91. The molecule has 0 fully saturated rings. The van der Waals surface area contributed by atoms with Crippen molar-refractivity contribution < 1.29 is 13.2 Å². The Kier molecular flexibility index (Phi) is 4.46. The van der Waals surface area contributed by atoms with Crippen LogP contribution in [0.1, 0.15) is 11.1 Å². The molecule has 0 bridgehead atoms. The first-order valence-electron chi connectivity index (χ1n) is 5.61. The van der Waals surface area contributed by atoms with Gasteiger partial charge in [-0.05, 0) is 0 Å². The van der Waals surface area contributed by atoms with Gasteiger partial charge in [-0.25, -0.2) is 0 Å². The van der Waals surface area contributed by atoms with E-state index < -0.39 is 11.7 Å². The number of hydrogen-bond acceptors (Lipinski definition) is 0. The zero-order valence-electron chi connectivity index (χ0n) is 9.89. The first-order valence-corrected chi connectivity index (χ1v) is 7.46. The summed E-state index contributed by atoms with van der Waals surface area (Å²) in [5, 5.41) is 0. The predicted molar refractivity (Wildman–Crippen MR) is 72.3 cm³/mol. The van der Waals surface area contributed by atoms with Gasteiger partial charge in [-0.15, -0.1) is 0 Å². The Labute approximate surface area is 116 Å². The standard InChI is InChI=1S/C15H11F3Se/c16-15(17,18)13-8-6-12(7-9-13)10-11-19-14-4-2-1-3-5-14/h1-11H/b11-10+. The fourth-order valence-electron chi connectivity index (χ4n) is 1.47. The molecule has 0 saturated heterocycles. The number of benzene rings is 2. The molecular formula is C15H11F3Se. The van der Waals surface area contributed by atoms with Crippen molar-refractivity contribution in [1.82, 2.24) is 0 Å². The average Bonchev–Trinajstić information content (AvgIpc) is 2.39. The average molecular weight is 327 g/mol. The molecule has 0 nitrogen and oxygen atoms in total. The van der Waals surface area contributed by atoms with Gasteiger partial charge in [0.1, 0.15) is 0 Å². The van der Waals surface area contributed by atoms with Crippen molar-refractivity contribution in [2.75, 3.05) is 0 Å². The fraction of sp³-hybridized carbons (Fsp3) is 0.0667. The molecule has 0 saturated carbocycles. The summed E-state index contributed by atoms with van der Waals surface area (Å²) >= 11 is 0.198. The predicted octanol–water partition coefficient (Wildman–Crippen LogP) is 3.71. The van der Waals surface area contributed by atoms with Gasteiger partial charge >= 0.3 is 116 Å². The van der Waals surface area contributed by atoms with Gasteiger partial charge in [-0.3, -0.25) is 0 Å². The molecule has 19 heavy (non-hydrogen) atoms. The van der Waals surface area contributed by atoms with Gasteiger partial charge in [0.15, 0.2) is 0 Å². The fourth-order valence-corrected chi connectivity index (χ4v) is 2.93. The summed E-state index contributed by atoms with van der Waals surface area (Å²) in [5.74, 6) is 0. The van der Waals surface area contributed by atoms with Crippen LogP contribution in [0.4, 0.5) is 13.2 Å². The molecule has 0 spiro atoms. The summed E-state index contributed by atoms with van der Waals surface area (Å²) in [7, 11) is 0. The molecule has 4 heteroatoms. The molecule has 98 valence electrons. The van der Waals surface area contributed by atoms with Crippen molar-refractivity contribution in [3.8, 4) is 0 Å². The van der Waals surface area contributed by atoms with Gasteiger partial charge < -0.3 is 0 Å². The second-order valence-electron chi connectivity index (χ2n) is 3.85. The molecular weight excluding hydrogens is 316 g/mol. The van der Waals surface area contributed by atoms with E-state index in [4.69, 9.17) is 0 Å². The molecule has 2 aromatic carbocycles. The molecule has 0 aliphatic carbocycles. The molecule has 0 aliphatic heterocycles.